The molecule has 0 bridgehead atoms. The number of ether oxygens (including phenoxy) is 1. The molecule has 80 valence electrons. The van der Waals surface area contributed by atoms with Crippen LogP contribution in [-0.2, 0) is 4.84 Å². The third-order valence-electron chi connectivity index (χ3n) is 1.88. The largest absolute Gasteiger partial charge is 1.00 e. The zero-order valence-electron chi connectivity index (χ0n) is 9.73. The van der Waals surface area contributed by atoms with Crippen LogP contribution in [0.15, 0.2) is 30.5 Å². The molecular weight excluding hydrogens is 231 g/mol. The van der Waals surface area contributed by atoms with E-state index in [-0.39, 0.29) is 51.4 Å². The van der Waals surface area contributed by atoms with Gasteiger partial charge in [-0.15, -0.1) is 6.20 Å². The van der Waals surface area contributed by atoms with Crippen LogP contribution in [0.2, 0.25) is 0 Å². The summed E-state index contributed by atoms with van der Waals surface area (Å²) in [5.74, 6) is 0.784. The molecule has 1 aromatic rings. The first kappa shape index (κ1) is 15.8. The molecule has 0 spiro atoms. The maximum atomic E-state index is 7.23. The molecule has 0 fully saturated rings. The predicted molar refractivity (Wildman–Crippen MR) is 60.1 cm³/mol. The Labute approximate surface area is 138 Å². The predicted octanol–water partition coefficient (Wildman–Crippen LogP) is -0.375. The minimum absolute atomic E-state index is 0. The molecule has 0 amide bonds. The van der Waals surface area contributed by atoms with Crippen LogP contribution in [0.5, 0.6) is 5.75 Å². The Bertz CT molecular complexity index is 350. The minimum Gasteiger partial charge on any atom is -0.568 e. The number of rotatable bonds is 5. The third-order valence-corrected chi connectivity index (χ3v) is 1.88. The Balaban J connectivity index is 0.00000225. The fourth-order valence-corrected chi connectivity index (χ4v) is 1.09. The fourth-order valence-electron chi connectivity index (χ4n) is 1.09. The van der Waals surface area contributed by atoms with Crippen molar-refractivity contribution in [1.29, 1.82) is 5.41 Å². The molecular formula is C11H13KN2O2. The van der Waals surface area contributed by atoms with Crippen molar-refractivity contribution in [2.45, 2.75) is 0 Å². The summed E-state index contributed by atoms with van der Waals surface area (Å²) < 4.78 is 5.04. The van der Waals surface area contributed by atoms with Gasteiger partial charge in [0.25, 0.3) is 0 Å². The third kappa shape index (κ3) is 4.77. The van der Waals surface area contributed by atoms with Crippen molar-refractivity contribution in [2.24, 2.45) is 0 Å². The Morgan fingerprint density at radius 3 is 2.31 bits per heavy atom. The van der Waals surface area contributed by atoms with Crippen molar-refractivity contribution >= 4 is 11.8 Å². The summed E-state index contributed by atoms with van der Waals surface area (Å²) in [6.45, 7) is 0. The number of hydrogen-bond acceptors (Lipinski definition) is 3. The van der Waals surface area contributed by atoms with E-state index in [0.29, 0.717) is 5.57 Å². The van der Waals surface area contributed by atoms with Crippen molar-refractivity contribution in [3.8, 4) is 5.75 Å². The van der Waals surface area contributed by atoms with Gasteiger partial charge in [-0.05, 0) is 23.3 Å². The van der Waals surface area contributed by atoms with Gasteiger partial charge in [-0.3, -0.25) is 0 Å². The van der Waals surface area contributed by atoms with Crippen LogP contribution in [0.4, 0.5) is 0 Å². The molecule has 0 radical (unpaired) electrons. The zero-order valence-corrected chi connectivity index (χ0v) is 12.9. The van der Waals surface area contributed by atoms with Crippen LogP contribution < -0.4 is 56.1 Å². The molecule has 0 unspecified atom stereocenters. The molecule has 0 heterocycles. The van der Waals surface area contributed by atoms with Crippen LogP contribution in [0.3, 0.4) is 0 Å². The van der Waals surface area contributed by atoms with E-state index in [1.807, 2.05) is 24.3 Å². The molecule has 0 atom stereocenters. The maximum Gasteiger partial charge on any atom is 1.00 e. The number of allylic oxidation sites excluding steroid dienone is 1. The second-order valence-corrected chi connectivity index (χ2v) is 2.75. The van der Waals surface area contributed by atoms with Crippen molar-refractivity contribution in [3.63, 3.8) is 0 Å². The van der Waals surface area contributed by atoms with Gasteiger partial charge < -0.3 is 20.5 Å². The van der Waals surface area contributed by atoms with Crippen LogP contribution in [0, 0.1) is 5.41 Å². The molecule has 1 aromatic carbocycles. The van der Waals surface area contributed by atoms with Crippen molar-refractivity contribution in [3.05, 3.63) is 41.5 Å². The number of methoxy groups -OCH3 is 1. The second kappa shape index (κ2) is 8.92. The van der Waals surface area contributed by atoms with Crippen LogP contribution in [0.25, 0.3) is 11.1 Å². The molecule has 0 aliphatic rings. The first-order valence-electron chi connectivity index (χ1n) is 4.40. The normalized spacial score (nSPS) is 10.2. The number of hydrogen-bond donors (Lipinski definition) is 1. The van der Waals surface area contributed by atoms with Gasteiger partial charge in [-0.2, -0.15) is 0 Å². The fraction of sp³-hybridized carbons (Fsp3) is 0.182. The van der Waals surface area contributed by atoms with Gasteiger partial charge in [0.15, 0.2) is 0 Å². The molecule has 1 rings (SSSR count). The monoisotopic (exact) mass is 244 g/mol. The van der Waals surface area contributed by atoms with E-state index in [1.165, 1.54) is 19.5 Å². The van der Waals surface area contributed by atoms with Gasteiger partial charge in [0.1, 0.15) is 5.75 Å². The van der Waals surface area contributed by atoms with E-state index in [1.54, 1.807) is 7.11 Å². The molecule has 0 saturated heterocycles. The Morgan fingerprint density at radius 1 is 1.25 bits per heavy atom. The van der Waals surface area contributed by atoms with Crippen LogP contribution in [-0.4, -0.2) is 20.4 Å². The smallest absolute Gasteiger partial charge is 0.568 e. The molecule has 0 saturated carbocycles. The number of benzene rings is 1. The van der Waals surface area contributed by atoms with E-state index in [2.05, 4.69) is 10.3 Å². The molecule has 0 aliphatic heterocycles. The average Bonchev–Trinajstić information content (AvgIpc) is 2.31. The van der Waals surface area contributed by atoms with E-state index in [4.69, 9.17) is 10.1 Å². The van der Waals surface area contributed by atoms with E-state index in [9.17, 15) is 0 Å². The molecule has 5 heteroatoms. The minimum atomic E-state index is 0. The summed E-state index contributed by atoms with van der Waals surface area (Å²) in [6.07, 6.45) is 2.72. The molecule has 4 nitrogen and oxygen atoms in total. The Hall–Kier alpha value is -0.174. The number of nitrogens with zero attached hydrogens (tertiary/aromatic N) is 1. The molecule has 1 N–H and O–H groups in total. The van der Waals surface area contributed by atoms with Crippen LogP contribution >= 0.6 is 0 Å². The summed E-state index contributed by atoms with van der Waals surface area (Å²) >= 11 is 0. The topological polar surface area (TPSA) is 56.4 Å². The maximum absolute atomic E-state index is 7.23. The standard InChI is InChI=1S/C11H13N2O2.K/c1-14-11-5-3-9(4-6-11)10(7-12)8-13-15-2;/h3-8,12H,1-2H3;/q-1;+1/b10-8+,12-7?;. The number of nitrogens with one attached hydrogen (secondary N) is 1. The second-order valence-electron chi connectivity index (χ2n) is 2.75. The quantitative estimate of drug-likeness (QED) is 0.436. The van der Waals surface area contributed by atoms with Crippen molar-refractivity contribution < 1.29 is 61.0 Å². The van der Waals surface area contributed by atoms with Crippen molar-refractivity contribution in [2.75, 3.05) is 14.2 Å². The Morgan fingerprint density at radius 2 is 1.88 bits per heavy atom. The van der Waals surface area contributed by atoms with Gasteiger partial charge >= 0.3 is 51.4 Å². The van der Waals surface area contributed by atoms with Gasteiger partial charge in [0, 0.05) is 13.3 Å². The SMILES string of the molecule is CO[N-]/C=C(\C=N)c1ccc(OC)cc1.[K+]. The summed E-state index contributed by atoms with van der Waals surface area (Å²) in [6, 6.07) is 7.39. The summed E-state index contributed by atoms with van der Waals surface area (Å²) in [5.41, 5.74) is 5.19. The van der Waals surface area contributed by atoms with E-state index < -0.39 is 0 Å². The molecule has 0 aliphatic carbocycles. The average molecular weight is 244 g/mol. The van der Waals surface area contributed by atoms with Gasteiger partial charge in [0.05, 0.1) is 7.11 Å². The summed E-state index contributed by atoms with van der Waals surface area (Å²) in [4.78, 5) is 4.56. The molecule has 16 heavy (non-hydrogen) atoms. The van der Waals surface area contributed by atoms with Gasteiger partial charge in [-0.25, -0.2) is 0 Å². The van der Waals surface area contributed by atoms with Gasteiger partial charge in [0.2, 0.25) is 0 Å². The summed E-state index contributed by atoms with van der Waals surface area (Å²) in [7, 11) is 3.08. The first-order chi connectivity index (χ1) is 7.31. The van der Waals surface area contributed by atoms with E-state index in [0.717, 1.165) is 11.3 Å². The van der Waals surface area contributed by atoms with E-state index >= 15 is 0 Å². The van der Waals surface area contributed by atoms with Gasteiger partial charge in [-0.1, -0.05) is 12.1 Å². The summed E-state index contributed by atoms with van der Waals surface area (Å²) in [5, 5.41) is 7.23. The Kier molecular flexibility index (Phi) is 8.82. The first-order valence-corrected chi connectivity index (χ1v) is 4.40. The van der Waals surface area contributed by atoms with Crippen molar-refractivity contribution in [1.82, 2.24) is 0 Å². The van der Waals surface area contributed by atoms with Crippen LogP contribution in [0.1, 0.15) is 5.56 Å². The number of hydroxylamine groups is 1. The zero-order chi connectivity index (χ0) is 11.1. The molecule has 0 aromatic heterocycles.